The number of rotatable bonds is 40. The van der Waals surface area contributed by atoms with Gasteiger partial charge in [0, 0.05) is 6.42 Å². The first-order chi connectivity index (χ1) is 37.8. The zero-order chi connectivity index (χ0) is 56.9. The highest BCUT2D eigenvalue weighted by Gasteiger charge is 2.53. The lowest BCUT2D eigenvalue weighted by molar-refractivity contribution is -0.379. The van der Waals surface area contributed by atoms with Gasteiger partial charge >= 0.3 is 0 Å². The van der Waals surface area contributed by atoms with Gasteiger partial charge in [0.15, 0.2) is 18.9 Å². The number of allylic oxidation sites excluding steroid dienone is 13. The van der Waals surface area contributed by atoms with E-state index >= 15 is 0 Å². The molecule has 17 unspecified atom stereocenters. The molecule has 448 valence electrons. The number of amides is 1. The van der Waals surface area contributed by atoms with Crippen molar-refractivity contribution in [3.63, 3.8) is 0 Å². The molecule has 0 radical (unpaired) electrons. The zero-order valence-electron chi connectivity index (χ0n) is 46.4. The zero-order valence-corrected chi connectivity index (χ0v) is 46.4. The second-order valence-electron chi connectivity index (χ2n) is 20.4. The third-order valence-corrected chi connectivity index (χ3v) is 13.9. The molecule has 19 heteroatoms. The smallest absolute Gasteiger partial charge is 0.220 e. The molecule has 0 aromatic heterocycles. The minimum absolute atomic E-state index is 0.227. The summed E-state index contributed by atoms with van der Waals surface area (Å²) in [6.07, 6.45) is 23.4. The Bertz CT molecular complexity index is 1750. The van der Waals surface area contributed by atoms with Crippen LogP contribution in [0.3, 0.4) is 0 Å². The van der Waals surface area contributed by atoms with Gasteiger partial charge in [0.2, 0.25) is 5.91 Å². The molecule has 3 heterocycles. The van der Waals surface area contributed by atoms with Crippen LogP contribution in [0, 0.1) is 0 Å². The molecule has 12 N–H and O–H groups in total. The van der Waals surface area contributed by atoms with E-state index in [0.29, 0.717) is 6.42 Å². The first kappa shape index (κ1) is 69.2. The summed E-state index contributed by atoms with van der Waals surface area (Å²) >= 11 is 0. The van der Waals surface area contributed by atoms with Crippen molar-refractivity contribution < 1.29 is 89.4 Å². The minimum Gasteiger partial charge on any atom is -0.394 e. The van der Waals surface area contributed by atoms with Gasteiger partial charge in [-0.3, -0.25) is 4.79 Å². The van der Waals surface area contributed by atoms with Crippen molar-refractivity contribution >= 4 is 5.91 Å². The Balaban J connectivity index is 1.40. The fourth-order valence-electron chi connectivity index (χ4n) is 9.19. The Morgan fingerprint density at radius 2 is 0.885 bits per heavy atom. The standard InChI is InChI=1S/C59H99NO18/c1-3-5-7-9-11-12-13-14-15-16-17-18-19-20-21-22-23-24-25-26-27-28-29-30-31-33-35-37-47(65)60-42(43(64)36-34-32-10-8-6-4-2)41-73-57-53(71)50(68)55(45(39-62)75-57)78-59-54(72)51(69)56(46(40-63)76-59)77-58-52(70)49(67)48(66)44(38-61)74-58/h5,7,11-12,14-15,17-18,20-21,23-24,34,36,42-46,48-59,61-64,66-72H,3-4,6,8-10,13,16,19,22,25-33,35,37-41H2,1-2H3,(H,60,65)/b7-5-,12-11-,15-14-,18-17-,21-20-,24-23-,36-34+. The summed E-state index contributed by atoms with van der Waals surface area (Å²) in [5.74, 6) is -0.296. The van der Waals surface area contributed by atoms with E-state index in [1.807, 2.05) is 6.08 Å². The largest absolute Gasteiger partial charge is 0.394 e. The molecule has 3 rings (SSSR count). The molecule has 0 bridgehead atoms. The quantitative estimate of drug-likeness (QED) is 0.0299. The molecule has 3 aliphatic heterocycles. The van der Waals surface area contributed by atoms with E-state index in [1.165, 1.54) is 12.8 Å². The Kier molecular flexibility index (Phi) is 37.2. The maximum atomic E-state index is 13.2. The summed E-state index contributed by atoms with van der Waals surface area (Å²) in [6, 6.07) is -0.979. The number of aliphatic hydroxyl groups is 11. The second kappa shape index (κ2) is 41.9. The molecule has 0 aromatic rings. The van der Waals surface area contributed by atoms with Crippen LogP contribution in [0.25, 0.3) is 0 Å². The molecule has 17 atom stereocenters. The highest BCUT2D eigenvalue weighted by Crippen LogP contribution is 2.33. The molecule has 0 aliphatic carbocycles. The monoisotopic (exact) mass is 1110 g/mol. The molecule has 1 amide bonds. The molecule has 0 aromatic carbocycles. The Hall–Kier alpha value is -3.03. The first-order valence-electron chi connectivity index (χ1n) is 28.8. The van der Waals surface area contributed by atoms with Gasteiger partial charge in [0.25, 0.3) is 0 Å². The fourth-order valence-corrected chi connectivity index (χ4v) is 9.19. The lowest BCUT2D eigenvalue weighted by Crippen LogP contribution is -2.66. The summed E-state index contributed by atoms with van der Waals surface area (Å²) in [6.45, 7) is 1.47. The SMILES string of the molecule is CC/C=C\C/C=C\C/C=C\C/C=C\C/C=C\C/C=C\CCCCCCCCCCC(=O)NC(COC1OC(CO)C(OC2OC(CO)C(OC3OC(CO)C(O)C(O)C3O)C(O)C2O)C(O)C1O)C(O)/C=C/CCCCCC. The third kappa shape index (κ3) is 25.8. The van der Waals surface area contributed by atoms with E-state index in [2.05, 4.69) is 92.1 Å². The van der Waals surface area contributed by atoms with Gasteiger partial charge in [-0.1, -0.05) is 157 Å². The maximum Gasteiger partial charge on any atom is 0.220 e. The normalized spacial score (nSPS) is 31.1. The summed E-state index contributed by atoms with van der Waals surface area (Å²) in [7, 11) is 0. The van der Waals surface area contributed by atoms with Crippen LogP contribution in [0.2, 0.25) is 0 Å². The van der Waals surface area contributed by atoms with E-state index in [1.54, 1.807) is 6.08 Å². The number of carbonyl (C=O) groups is 1. The van der Waals surface area contributed by atoms with Crippen molar-refractivity contribution in [2.75, 3.05) is 26.4 Å². The Morgan fingerprint density at radius 3 is 1.38 bits per heavy atom. The predicted octanol–water partition coefficient (Wildman–Crippen LogP) is 4.42. The highest BCUT2D eigenvalue weighted by atomic mass is 16.8. The van der Waals surface area contributed by atoms with Gasteiger partial charge in [-0.25, -0.2) is 0 Å². The van der Waals surface area contributed by atoms with Crippen molar-refractivity contribution in [2.24, 2.45) is 0 Å². The number of hydrogen-bond donors (Lipinski definition) is 12. The molecular formula is C59H99NO18. The maximum absolute atomic E-state index is 13.2. The number of nitrogens with one attached hydrogen (secondary N) is 1. The summed E-state index contributed by atoms with van der Waals surface area (Å²) in [5, 5.41) is 119. The van der Waals surface area contributed by atoms with Crippen LogP contribution in [0.15, 0.2) is 85.1 Å². The minimum atomic E-state index is -1.98. The number of carbonyl (C=O) groups excluding carboxylic acids is 1. The average molecular weight is 1110 g/mol. The van der Waals surface area contributed by atoms with Crippen LogP contribution in [0.5, 0.6) is 0 Å². The van der Waals surface area contributed by atoms with Crippen molar-refractivity contribution in [3.05, 3.63) is 85.1 Å². The topological polar surface area (TPSA) is 307 Å². The molecule has 19 nitrogen and oxygen atoms in total. The second-order valence-corrected chi connectivity index (χ2v) is 20.4. The van der Waals surface area contributed by atoms with E-state index in [0.717, 1.165) is 109 Å². The fraction of sp³-hybridized carbons (Fsp3) is 0.746. The van der Waals surface area contributed by atoms with Gasteiger partial charge in [0.05, 0.1) is 38.6 Å². The molecular weight excluding hydrogens is 1010 g/mol. The molecule has 0 spiro atoms. The van der Waals surface area contributed by atoms with Crippen LogP contribution in [-0.2, 0) is 33.2 Å². The molecule has 3 fully saturated rings. The molecule has 78 heavy (non-hydrogen) atoms. The molecule has 0 saturated carbocycles. The van der Waals surface area contributed by atoms with Gasteiger partial charge in [-0.2, -0.15) is 0 Å². The number of hydrogen-bond acceptors (Lipinski definition) is 18. The third-order valence-electron chi connectivity index (χ3n) is 13.9. The highest BCUT2D eigenvalue weighted by molar-refractivity contribution is 5.76. The number of aliphatic hydroxyl groups excluding tert-OH is 11. The number of ether oxygens (including phenoxy) is 6. The number of unbranched alkanes of at least 4 members (excludes halogenated alkanes) is 12. The lowest BCUT2D eigenvalue weighted by Gasteiger charge is -2.48. The Morgan fingerprint density at radius 1 is 0.474 bits per heavy atom. The van der Waals surface area contributed by atoms with Crippen molar-refractivity contribution in [1.82, 2.24) is 5.32 Å². The van der Waals surface area contributed by atoms with Crippen LogP contribution >= 0.6 is 0 Å². The van der Waals surface area contributed by atoms with Crippen LogP contribution in [0.4, 0.5) is 0 Å². The summed E-state index contributed by atoms with van der Waals surface area (Å²) in [4.78, 5) is 13.2. The van der Waals surface area contributed by atoms with Crippen molar-refractivity contribution in [1.29, 1.82) is 0 Å². The van der Waals surface area contributed by atoms with Gasteiger partial charge in [-0.05, 0) is 70.6 Å². The van der Waals surface area contributed by atoms with Crippen molar-refractivity contribution in [2.45, 2.75) is 253 Å². The van der Waals surface area contributed by atoms with Crippen LogP contribution in [-0.4, -0.2) is 193 Å². The van der Waals surface area contributed by atoms with E-state index in [9.17, 15) is 61.0 Å². The summed E-state index contributed by atoms with van der Waals surface area (Å²) in [5.41, 5.74) is 0. The van der Waals surface area contributed by atoms with Crippen LogP contribution < -0.4 is 5.32 Å². The summed E-state index contributed by atoms with van der Waals surface area (Å²) < 4.78 is 34.1. The van der Waals surface area contributed by atoms with Gasteiger partial charge in [0.1, 0.15) is 73.2 Å². The van der Waals surface area contributed by atoms with E-state index < -0.39 is 124 Å². The molecule has 3 aliphatic rings. The van der Waals surface area contributed by atoms with Gasteiger partial charge < -0.3 is 89.9 Å². The van der Waals surface area contributed by atoms with Gasteiger partial charge in [-0.15, -0.1) is 0 Å². The predicted molar refractivity (Wildman–Crippen MR) is 295 cm³/mol. The van der Waals surface area contributed by atoms with Crippen molar-refractivity contribution in [3.8, 4) is 0 Å². The average Bonchev–Trinajstić information content (AvgIpc) is 3.45. The Labute approximate surface area is 463 Å². The van der Waals surface area contributed by atoms with E-state index in [-0.39, 0.29) is 18.9 Å². The first-order valence-corrected chi connectivity index (χ1v) is 28.8. The van der Waals surface area contributed by atoms with Crippen LogP contribution in [0.1, 0.15) is 149 Å². The lowest BCUT2D eigenvalue weighted by atomic mass is 9.96. The molecule has 3 saturated heterocycles. The van der Waals surface area contributed by atoms with E-state index in [4.69, 9.17) is 28.4 Å².